The summed E-state index contributed by atoms with van der Waals surface area (Å²) in [5.74, 6) is -0.503. The molecule has 0 spiro atoms. The Kier molecular flexibility index (Phi) is 8.26. The number of alkyl carbamates (subject to hydrolysis) is 1. The second-order valence-corrected chi connectivity index (χ2v) is 6.51. The summed E-state index contributed by atoms with van der Waals surface area (Å²) in [5.41, 5.74) is 0.226. The van der Waals surface area contributed by atoms with E-state index in [1.54, 1.807) is 20.8 Å². The molecule has 0 bridgehead atoms. The number of unbranched alkanes of at least 4 members (excludes halogenated alkanes) is 1. The van der Waals surface area contributed by atoms with Gasteiger partial charge in [-0.15, -0.1) is 0 Å². The first kappa shape index (κ1) is 20.0. The van der Waals surface area contributed by atoms with Crippen molar-refractivity contribution in [2.24, 2.45) is 0 Å². The van der Waals surface area contributed by atoms with Crippen molar-refractivity contribution in [1.29, 1.82) is 0 Å². The van der Waals surface area contributed by atoms with Crippen molar-refractivity contribution in [2.75, 3.05) is 6.61 Å². The minimum absolute atomic E-state index is 0.0412. The molecule has 134 valence electrons. The number of nitrogens with one attached hydrogen (secondary N) is 1. The first-order valence-corrected chi connectivity index (χ1v) is 8.13. The number of carbonyl (C=O) groups is 2. The van der Waals surface area contributed by atoms with E-state index in [0.29, 0.717) is 19.3 Å². The van der Waals surface area contributed by atoms with Gasteiger partial charge in [0.15, 0.2) is 0 Å². The monoisotopic (exact) mass is 337 g/mol. The van der Waals surface area contributed by atoms with Gasteiger partial charge in [-0.2, -0.15) is 0 Å². The third-order valence-corrected chi connectivity index (χ3v) is 3.10. The number of hydrogen-bond donors (Lipinski definition) is 2. The number of carbonyl (C=O) groups excluding carboxylic acids is 2. The SMILES string of the molecule is CC(C)(C)OC(=O)[C@H](CCCCO)NC(=O)OCc1ccccc1. The van der Waals surface area contributed by atoms with E-state index >= 15 is 0 Å². The number of amides is 1. The molecule has 1 atom stereocenters. The standard InChI is InChI=1S/C18H27NO5/c1-18(2,3)24-16(21)15(11-7-8-12-20)19-17(22)23-13-14-9-5-4-6-10-14/h4-6,9-10,15,20H,7-8,11-13H2,1-3H3,(H,19,22)/t15-/m0/s1. The van der Waals surface area contributed by atoms with Crippen molar-refractivity contribution in [1.82, 2.24) is 5.32 Å². The average Bonchev–Trinajstić information content (AvgIpc) is 2.51. The lowest BCUT2D eigenvalue weighted by atomic mass is 10.1. The zero-order valence-corrected chi connectivity index (χ0v) is 14.6. The summed E-state index contributed by atoms with van der Waals surface area (Å²) in [4.78, 5) is 24.1. The summed E-state index contributed by atoms with van der Waals surface area (Å²) in [6.45, 7) is 5.47. The normalized spacial score (nSPS) is 12.3. The van der Waals surface area contributed by atoms with E-state index in [-0.39, 0.29) is 13.2 Å². The molecule has 0 saturated heterocycles. The predicted octanol–water partition coefficient (Wildman–Crippen LogP) is 2.79. The highest BCUT2D eigenvalue weighted by Gasteiger charge is 2.26. The molecule has 0 aliphatic carbocycles. The van der Waals surface area contributed by atoms with Crippen LogP contribution in [-0.4, -0.2) is 35.4 Å². The summed E-state index contributed by atoms with van der Waals surface area (Å²) >= 11 is 0. The highest BCUT2D eigenvalue weighted by Crippen LogP contribution is 2.12. The fourth-order valence-corrected chi connectivity index (χ4v) is 1.99. The first-order chi connectivity index (χ1) is 11.3. The van der Waals surface area contributed by atoms with Crippen molar-refractivity contribution >= 4 is 12.1 Å². The quantitative estimate of drug-likeness (QED) is 0.563. The second-order valence-electron chi connectivity index (χ2n) is 6.51. The molecule has 1 aromatic carbocycles. The first-order valence-electron chi connectivity index (χ1n) is 8.13. The fourth-order valence-electron chi connectivity index (χ4n) is 1.99. The minimum atomic E-state index is -0.793. The molecule has 1 aromatic rings. The summed E-state index contributed by atoms with van der Waals surface area (Å²) in [6, 6.07) is 8.49. The molecule has 0 aliphatic heterocycles. The van der Waals surface area contributed by atoms with Gasteiger partial charge in [0, 0.05) is 6.61 Å². The van der Waals surface area contributed by atoms with Gasteiger partial charge in [0.1, 0.15) is 18.2 Å². The molecule has 1 rings (SSSR count). The lowest BCUT2D eigenvalue weighted by Crippen LogP contribution is -2.44. The van der Waals surface area contributed by atoms with Gasteiger partial charge in [0.25, 0.3) is 0 Å². The van der Waals surface area contributed by atoms with Crippen molar-refractivity contribution in [3.05, 3.63) is 35.9 Å². The van der Waals surface area contributed by atoms with Crippen LogP contribution >= 0.6 is 0 Å². The van der Waals surface area contributed by atoms with Crippen LogP contribution in [0.25, 0.3) is 0 Å². The van der Waals surface area contributed by atoms with Crippen LogP contribution in [-0.2, 0) is 20.9 Å². The van der Waals surface area contributed by atoms with E-state index in [1.165, 1.54) is 0 Å². The fraction of sp³-hybridized carbons (Fsp3) is 0.556. The summed E-state index contributed by atoms with van der Waals surface area (Å²) in [6.07, 6.45) is 0.869. The van der Waals surface area contributed by atoms with Gasteiger partial charge in [0.2, 0.25) is 0 Å². The second kappa shape index (κ2) is 9.93. The number of benzene rings is 1. The van der Waals surface area contributed by atoms with Gasteiger partial charge in [-0.25, -0.2) is 9.59 Å². The van der Waals surface area contributed by atoms with Gasteiger partial charge in [0.05, 0.1) is 0 Å². The zero-order valence-electron chi connectivity index (χ0n) is 14.6. The number of aliphatic hydroxyl groups excluding tert-OH is 1. The molecule has 0 aromatic heterocycles. The highest BCUT2D eigenvalue weighted by atomic mass is 16.6. The van der Waals surface area contributed by atoms with E-state index in [1.807, 2.05) is 30.3 Å². The van der Waals surface area contributed by atoms with Crippen LogP contribution in [0.2, 0.25) is 0 Å². The predicted molar refractivity (Wildman–Crippen MR) is 90.3 cm³/mol. The highest BCUT2D eigenvalue weighted by molar-refractivity contribution is 5.81. The summed E-state index contributed by atoms with van der Waals surface area (Å²) in [5, 5.41) is 11.4. The van der Waals surface area contributed by atoms with E-state index in [0.717, 1.165) is 5.56 Å². The van der Waals surface area contributed by atoms with Gasteiger partial charge >= 0.3 is 12.1 Å². The molecule has 0 heterocycles. The number of hydrogen-bond acceptors (Lipinski definition) is 5. The Morgan fingerprint density at radius 3 is 2.42 bits per heavy atom. The van der Waals surface area contributed by atoms with Crippen LogP contribution in [0.4, 0.5) is 4.79 Å². The lowest BCUT2D eigenvalue weighted by molar-refractivity contribution is -0.157. The van der Waals surface area contributed by atoms with E-state index in [9.17, 15) is 9.59 Å². The van der Waals surface area contributed by atoms with Crippen molar-refractivity contribution in [2.45, 2.75) is 58.3 Å². The van der Waals surface area contributed by atoms with Crippen molar-refractivity contribution in [3.63, 3.8) is 0 Å². The maximum Gasteiger partial charge on any atom is 0.408 e. The van der Waals surface area contributed by atoms with Gasteiger partial charge in [-0.3, -0.25) is 0 Å². The maximum absolute atomic E-state index is 12.2. The molecule has 0 radical (unpaired) electrons. The molecule has 6 heteroatoms. The van der Waals surface area contributed by atoms with Crippen LogP contribution in [0.5, 0.6) is 0 Å². The summed E-state index contributed by atoms with van der Waals surface area (Å²) in [7, 11) is 0. The van der Waals surface area contributed by atoms with Crippen molar-refractivity contribution < 1.29 is 24.2 Å². The molecular formula is C18H27NO5. The molecule has 24 heavy (non-hydrogen) atoms. The van der Waals surface area contributed by atoms with Crippen LogP contribution in [0.3, 0.4) is 0 Å². The maximum atomic E-state index is 12.2. The Morgan fingerprint density at radius 1 is 1.17 bits per heavy atom. The third-order valence-electron chi connectivity index (χ3n) is 3.10. The number of esters is 1. The smallest absolute Gasteiger partial charge is 0.408 e. The van der Waals surface area contributed by atoms with Crippen LogP contribution in [0.15, 0.2) is 30.3 Å². The number of rotatable bonds is 8. The summed E-state index contributed by atoms with van der Waals surface area (Å²) < 4.78 is 10.5. The molecule has 6 nitrogen and oxygen atoms in total. The van der Waals surface area contributed by atoms with Crippen LogP contribution < -0.4 is 5.32 Å². The Hall–Kier alpha value is -2.08. The molecule has 0 unspecified atom stereocenters. The molecule has 1 amide bonds. The third kappa shape index (κ3) is 8.53. The van der Waals surface area contributed by atoms with Crippen molar-refractivity contribution in [3.8, 4) is 0 Å². The average molecular weight is 337 g/mol. The van der Waals surface area contributed by atoms with E-state index in [4.69, 9.17) is 14.6 Å². The topological polar surface area (TPSA) is 84.9 Å². The van der Waals surface area contributed by atoms with Gasteiger partial charge in [-0.05, 0) is 45.6 Å². The number of ether oxygens (including phenoxy) is 2. The number of aliphatic hydroxyl groups is 1. The van der Waals surface area contributed by atoms with E-state index < -0.39 is 23.7 Å². The molecule has 2 N–H and O–H groups in total. The van der Waals surface area contributed by atoms with Gasteiger partial charge in [-0.1, -0.05) is 30.3 Å². The van der Waals surface area contributed by atoms with Crippen LogP contribution in [0, 0.1) is 0 Å². The Labute approximate surface area is 143 Å². The largest absolute Gasteiger partial charge is 0.458 e. The Bertz CT molecular complexity index is 510. The molecule has 0 fully saturated rings. The lowest BCUT2D eigenvalue weighted by Gasteiger charge is -2.24. The molecule has 0 saturated carbocycles. The molecule has 0 aliphatic rings. The zero-order chi connectivity index (χ0) is 18.0. The Balaban J connectivity index is 2.55. The van der Waals surface area contributed by atoms with E-state index in [2.05, 4.69) is 5.32 Å². The van der Waals surface area contributed by atoms with Crippen LogP contribution in [0.1, 0.15) is 45.6 Å². The van der Waals surface area contributed by atoms with Gasteiger partial charge < -0.3 is 19.9 Å². The molecular weight excluding hydrogens is 310 g/mol. The Morgan fingerprint density at radius 2 is 1.83 bits per heavy atom. The minimum Gasteiger partial charge on any atom is -0.458 e.